The zero-order chi connectivity index (χ0) is 27.9. The van der Waals surface area contributed by atoms with Crippen LogP contribution >= 0.6 is 22.6 Å². The van der Waals surface area contributed by atoms with Crippen LogP contribution in [0.25, 0.3) is 5.69 Å². The highest BCUT2D eigenvalue weighted by Gasteiger charge is 2.14. The molecular weight excluding hydrogens is 609 g/mol. The summed E-state index contributed by atoms with van der Waals surface area (Å²) in [5, 5.41) is 4.08. The van der Waals surface area contributed by atoms with E-state index in [4.69, 9.17) is 18.6 Å². The molecule has 0 aliphatic heterocycles. The highest BCUT2D eigenvalue weighted by atomic mass is 127. The highest BCUT2D eigenvalue weighted by Crippen LogP contribution is 2.34. The number of hydrogen-bond donors (Lipinski definition) is 1. The number of nitrogens with zero attached hydrogens (tertiary/aromatic N) is 2. The minimum Gasteiger partial charge on any atom is -0.490 e. The normalized spacial score (nSPS) is 11.3. The molecule has 8 nitrogen and oxygen atoms in total. The molecule has 2 aromatic carbocycles. The number of carbonyl (C=O) groups is 1. The van der Waals surface area contributed by atoms with Gasteiger partial charge in [-0.3, -0.25) is 4.79 Å². The van der Waals surface area contributed by atoms with E-state index in [-0.39, 0.29) is 18.5 Å². The Morgan fingerprint density at radius 1 is 1.05 bits per heavy atom. The van der Waals surface area contributed by atoms with Crippen LogP contribution < -0.4 is 19.6 Å². The van der Waals surface area contributed by atoms with Crippen molar-refractivity contribution < 1.29 is 23.4 Å². The van der Waals surface area contributed by atoms with Crippen molar-refractivity contribution in [2.45, 2.75) is 47.3 Å². The number of aryl methyl sites for hydroxylation is 2. The number of amides is 1. The molecule has 2 aromatic heterocycles. The zero-order valence-corrected chi connectivity index (χ0v) is 24.8. The van der Waals surface area contributed by atoms with Crippen molar-refractivity contribution in [3.8, 4) is 22.9 Å². The molecule has 0 saturated heterocycles. The molecule has 0 aliphatic carbocycles. The van der Waals surface area contributed by atoms with Crippen LogP contribution in [0.3, 0.4) is 0 Å². The Kier molecular flexibility index (Phi) is 9.34. The van der Waals surface area contributed by atoms with Crippen LogP contribution in [0, 0.1) is 17.4 Å². The molecule has 4 rings (SSSR count). The summed E-state index contributed by atoms with van der Waals surface area (Å²) in [5.74, 6) is 2.25. The fourth-order valence-electron chi connectivity index (χ4n) is 4.00. The summed E-state index contributed by atoms with van der Waals surface area (Å²) in [6.45, 7) is 10.7. The summed E-state index contributed by atoms with van der Waals surface area (Å²) < 4.78 is 26.2. The smallest absolute Gasteiger partial charge is 0.307 e. The molecule has 0 bridgehead atoms. The molecule has 0 unspecified atom stereocenters. The van der Waals surface area contributed by atoms with Crippen molar-refractivity contribution in [3.05, 3.63) is 92.7 Å². The van der Waals surface area contributed by atoms with E-state index in [2.05, 4.69) is 63.7 Å². The Balaban J connectivity index is 1.33. The van der Waals surface area contributed by atoms with E-state index in [1.807, 2.05) is 57.2 Å². The van der Waals surface area contributed by atoms with Gasteiger partial charge < -0.3 is 23.2 Å². The van der Waals surface area contributed by atoms with Crippen molar-refractivity contribution in [1.29, 1.82) is 0 Å². The van der Waals surface area contributed by atoms with Crippen molar-refractivity contribution in [3.63, 3.8) is 0 Å². The van der Waals surface area contributed by atoms with Gasteiger partial charge in [-0.05, 0) is 123 Å². The molecule has 39 heavy (non-hydrogen) atoms. The molecule has 1 N–H and O–H groups in total. The van der Waals surface area contributed by atoms with Gasteiger partial charge in [-0.1, -0.05) is 0 Å². The molecule has 0 saturated carbocycles. The summed E-state index contributed by atoms with van der Waals surface area (Å²) in [4.78, 5) is 12.5. The lowest BCUT2D eigenvalue weighted by Gasteiger charge is -2.16. The second-order valence-corrected chi connectivity index (χ2v) is 10.3. The van der Waals surface area contributed by atoms with Gasteiger partial charge in [-0.25, -0.2) is 5.43 Å². The molecule has 1 amide bonds. The van der Waals surface area contributed by atoms with E-state index in [0.717, 1.165) is 14.8 Å². The average Bonchev–Trinajstić information content (AvgIpc) is 3.51. The number of rotatable bonds is 11. The number of furan rings is 1. The third-order valence-electron chi connectivity index (χ3n) is 5.70. The first-order valence-corrected chi connectivity index (χ1v) is 13.8. The molecule has 0 spiro atoms. The molecule has 0 atom stereocenters. The van der Waals surface area contributed by atoms with Gasteiger partial charge in [0.05, 0.1) is 22.5 Å². The number of halogens is 1. The average molecular weight is 642 g/mol. The molecule has 0 aliphatic rings. The second kappa shape index (κ2) is 12.9. The maximum atomic E-state index is 12.5. The van der Waals surface area contributed by atoms with Gasteiger partial charge in [-0.15, -0.1) is 0 Å². The van der Waals surface area contributed by atoms with Crippen molar-refractivity contribution in [2.75, 3.05) is 6.61 Å². The SMILES string of the molecule is CCOc1cc(/C=N/NC(=O)c2ccc(COc3ccc(-n4c(C)ccc4C)cc3)o2)cc(I)c1OC(C)C. The molecule has 9 heteroatoms. The summed E-state index contributed by atoms with van der Waals surface area (Å²) in [5.41, 5.74) is 6.68. The predicted molar refractivity (Wildman–Crippen MR) is 159 cm³/mol. The summed E-state index contributed by atoms with van der Waals surface area (Å²) >= 11 is 2.20. The molecule has 204 valence electrons. The molecule has 0 fully saturated rings. The van der Waals surface area contributed by atoms with Crippen LogP contribution in [0.2, 0.25) is 0 Å². The quantitative estimate of drug-likeness (QED) is 0.110. The van der Waals surface area contributed by atoms with E-state index >= 15 is 0 Å². The first-order valence-electron chi connectivity index (χ1n) is 12.7. The summed E-state index contributed by atoms with van der Waals surface area (Å²) in [6, 6.07) is 19.1. The Labute approximate surface area is 242 Å². The van der Waals surface area contributed by atoms with Crippen molar-refractivity contribution >= 4 is 34.7 Å². The number of nitrogens with one attached hydrogen (secondary N) is 1. The van der Waals surface area contributed by atoms with Crippen LogP contribution in [0.4, 0.5) is 0 Å². The molecule has 2 heterocycles. The maximum Gasteiger partial charge on any atom is 0.307 e. The van der Waals surface area contributed by atoms with Gasteiger partial charge in [0.15, 0.2) is 17.3 Å². The number of hydrazone groups is 1. The number of aromatic nitrogens is 1. The minimum absolute atomic E-state index is 0.0180. The fourth-order valence-corrected chi connectivity index (χ4v) is 4.75. The predicted octanol–water partition coefficient (Wildman–Crippen LogP) is 6.82. The van der Waals surface area contributed by atoms with Crippen LogP contribution in [0.15, 0.2) is 70.2 Å². The third kappa shape index (κ3) is 7.23. The van der Waals surface area contributed by atoms with Gasteiger partial charge in [0.2, 0.25) is 0 Å². The first kappa shape index (κ1) is 28.3. The molecule has 0 radical (unpaired) electrons. The van der Waals surface area contributed by atoms with Crippen molar-refractivity contribution in [2.24, 2.45) is 5.10 Å². The Morgan fingerprint density at radius 3 is 2.44 bits per heavy atom. The Bertz CT molecular complexity index is 1430. The lowest BCUT2D eigenvalue weighted by Crippen LogP contribution is -2.16. The van der Waals surface area contributed by atoms with Gasteiger partial charge in [-0.2, -0.15) is 5.10 Å². The van der Waals surface area contributed by atoms with E-state index in [1.165, 1.54) is 11.4 Å². The van der Waals surface area contributed by atoms with Crippen LogP contribution in [-0.4, -0.2) is 29.4 Å². The molecular formula is C30H32IN3O5. The highest BCUT2D eigenvalue weighted by molar-refractivity contribution is 14.1. The lowest BCUT2D eigenvalue weighted by atomic mass is 10.2. The molecule has 4 aromatic rings. The van der Waals surface area contributed by atoms with E-state index in [1.54, 1.807) is 18.3 Å². The van der Waals surface area contributed by atoms with Crippen molar-refractivity contribution in [1.82, 2.24) is 9.99 Å². The lowest BCUT2D eigenvalue weighted by molar-refractivity contribution is 0.0923. The van der Waals surface area contributed by atoms with Crippen LogP contribution in [0.5, 0.6) is 17.2 Å². The van der Waals surface area contributed by atoms with Crippen LogP contribution in [-0.2, 0) is 6.61 Å². The summed E-state index contributed by atoms with van der Waals surface area (Å²) in [7, 11) is 0. The Morgan fingerprint density at radius 2 is 1.77 bits per heavy atom. The number of ether oxygens (including phenoxy) is 3. The number of carbonyl (C=O) groups excluding carboxylic acids is 1. The second-order valence-electron chi connectivity index (χ2n) is 9.13. The van der Waals surface area contributed by atoms with E-state index in [0.29, 0.717) is 29.6 Å². The largest absolute Gasteiger partial charge is 0.490 e. The minimum atomic E-state index is -0.459. The third-order valence-corrected chi connectivity index (χ3v) is 6.50. The fraction of sp³-hybridized carbons (Fsp3) is 0.267. The number of hydrogen-bond acceptors (Lipinski definition) is 6. The van der Waals surface area contributed by atoms with Gasteiger partial charge >= 0.3 is 5.91 Å². The van der Waals surface area contributed by atoms with Gasteiger partial charge in [0.25, 0.3) is 0 Å². The summed E-state index contributed by atoms with van der Waals surface area (Å²) in [6.07, 6.45) is 1.57. The first-order chi connectivity index (χ1) is 18.7. The Hall–Kier alpha value is -3.73. The van der Waals surface area contributed by atoms with E-state index < -0.39 is 5.91 Å². The van der Waals surface area contributed by atoms with Gasteiger partial charge in [0.1, 0.15) is 18.1 Å². The monoisotopic (exact) mass is 641 g/mol. The maximum absolute atomic E-state index is 12.5. The van der Waals surface area contributed by atoms with Crippen LogP contribution in [0.1, 0.15) is 54.0 Å². The van der Waals surface area contributed by atoms with Gasteiger partial charge in [0, 0.05) is 17.1 Å². The van der Waals surface area contributed by atoms with E-state index in [9.17, 15) is 4.79 Å². The standard InChI is InChI=1S/C30H32IN3O5/c1-6-36-28-16-22(15-26(31)29(28)38-19(2)3)17-32-33-30(35)27-14-13-25(39-27)18-37-24-11-9-23(10-12-24)34-20(4)7-8-21(34)5/h7-17,19H,6,18H2,1-5H3,(H,33,35)/b32-17+. The topological polar surface area (TPSA) is 87.2 Å². The zero-order valence-electron chi connectivity index (χ0n) is 22.7. The number of benzene rings is 2.